The highest BCUT2D eigenvalue weighted by Crippen LogP contribution is 2.40. The SMILES string of the molecule is CC(C)=O.COC(=O)C[C@@H]1N=C(c2ccccc2)c2ccccc2-c2c(C)noc21. The first kappa shape index (κ1) is 21.2. The summed E-state index contributed by atoms with van der Waals surface area (Å²) in [7, 11) is 1.38. The van der Waals surface area contributed by atoms with Crippen LogP contribution in [0.4, 0.5) is 0 Å². The molecule has 1 aliphatic heterocycles. The Morgan fingerprint density at radius 3 is 2.23 bits per heavy atom. The maximum atomic E-state index is 12.0. The summed E-state index contributed by atoms with van der Waals surface area (Å²) in [6, 6.07) is 17.5. The molecule has 0 aliphatic carbocycles. The summed E-state index contributed by atoms with van der Waals surface area (Å²) >= 11 is 0. The van der Waals surface area contributed by atoms with Gasteiger partial charge in [-0.15, -0.1) is 0 Å². The number of hydrogen-bond donors (Lipinski definition) is 0. The first-order chi connectivity index (χ1) is 14.4. The minimum Gasteiger partial charge on any atom is -0.469 e. The Balaban J connectivity index is 0.000000589. The molecule has 30 heavy (non-hydrogen) atoms. The number of fused-ring (bicyclic) bond motifs is 3. The topological polar surface area (TPSA) is 81.8 Å². The van der Waals surface area contributed by atoms with Gasteiger partial charge in [0.15, 0.2) is 5.76 Å². The van der Waals surface area contributed by atoms with Gasteiger partial charge in [-0.05, 0) is 26.3 Å². The Morgan fingerprint density at radius 1 is 1.00 bits per heavy atom. The molecule has 3 aromatic rings. The maximum Gasteiger partial charge on any atom is 0.308 e. The predicted octanol–water partition coefficient (Wildman–Crippen LogP) is 4.70. The summed E-state index contributed by atoms with van der Waals surface area (Å²) in [5.41, 5.74) is 5.53. The van der Waals surface area contributed by atoms with Gasteiger partial charge in [0.25, 0.3) is 0 Å². The van der Waals surface area contributed by atoms with E-state index in [2.05, 4.69) is 5.16 Å². The van der Waals surface area contributed by atoms with Gasteiger partial charge in [0, 0.05) is 11.1 Å². The third-order valence-corrected chi connectivity index (χ3v) is 4.56. The number of esters is 1. The van der Waals surface area contributed by atoms with Gasteiger partial charge in [0.1, 0.15) is 11.8 Å². The van der Waals surface area contributed by atoms with Gasteiger partial charge >= 0.3 is 5.97 Å². The van der Waals surface area contributed by atoms with Crippen molar-refractivity contribution in [2.24, 2.45) is 4.99 Å². The fourth-order valence-corrected chi connectivity index (χ4v) is 3.34. The molecule has 0 saturated heterocycles. The van der Waals surface area contributed by atoms with Crippen LogP contribution in [-0.4, -0.2) is 29.7 Å². The van der Waals surface area contributed by atoms with Crippen LogP contribution in [0.2, 0.25) is 0 Å². The smallest absolute Gasteiger partial charge is 0.308 e. The van der Waals surface area contributed by atoms with E-state index in [0.717, 1.165) is 33.7 Å². The summed E-state index contributed by atoms with van der Waals surface area (Å²) in [4.78, 5) is 26.3. The van der Waals surface area contributed by atoms with Crippen molar-refractivity contribution in [3.8, 4) is 11.1 Å². The Bertz CT molecular complexity index is 1080. The highest BCUT2D eigenvalue weighted by atomic mass is 16.5. The first-order valence-corrected chi connectivity index (χ1v) is 9.65. The fourth-order valence-electron chi connectivity index (χ4n) is 3.34. The summed E-state index contributed by atoms with van der Waals surface area (Å²) in [5.74, 6) is 0.434. The van der Waals surface area contributed by atoms with Crippen molar-refractivity contribution in [3.63, 3.8) is 0 Å². The molecular formula is C24H24N2O4. The number of ketones is 1. The molecule has 2 heterocycles. The van der Waals surface area contributed by atoms with Crippen LogP contribution in [0.5, 0.6) is 0 Å². The van der Waals surface area contributed by atoms with Crippen LogP contribution in [0.3, 0.4) is 0 Å². The quantitative estimate of drug-likeness (QED) is 0.591. The van der Waals surface area contributed by atoms with E-state index in [9.17, 15) is 9.59 Å². The van der Waals surface area contributed by atoms with Crippen LogP contribution < -0.4 is 0 Å². The van der Waals surface area contributed by atoms with Crippen molar-refractivity contribution in [2.75, 3.05) is 7.11 Å². The van der Waals surface area contributed by atoms with Gasteiger partial charge in [-0.3, -0.25) is 9.79 Å². The molecule has 4 rings (SSSR count). The highest BCUT2D eigenvalue weighted by Gasteiger charge is 2.31. The monoisotopic (exact) mass is 404 g/mol. The zero-order valence-electron chi connectivity index (χ0n) is 17.5. The number of benzene rings is 2. The Morgan fingerprint density at radius 2 is 1.60 bits per heavy atom. The Labute approximate surface area is 175 Å². The second kappa shape index (κ2) is 9.31. The molecular weight excluding hydrogens is 380 g/mol. The summed E-state index contributed by atoms with van der Waals surface area (Å²) < 4.78 is 10.5. The predicted molar refractivity (Wildman–Crippen MR) is 114 cm³/mol. The number of aryl methyl sites for hydroxylation is 1. The minimum absolute atomic E-state index is 0.0997. The number of carbonyl (C=O) groups excluding carboxylic acids is 2. The molecule has 0 unspecified atom stereocenters. The van der Waals surface area contributed by atoms with Gasteiger partial charge in [0.05, 0.1) is 30.5 Å². The van der Waals surface area contributed by atoms with E-state index >= 15 is 0 Å². The van der Waals surface area contributed by atoms with Crippen LogP contribution >= 0.6 is 0 Å². The van der Waals surface area contributed by atoms with E-state index in [1.165, 1.54) is 21.0 Å². The summed E-state index contributed by atoms with van der Waals surface area (Å²) in [6.07, 6.45) is 0.0997. The van der Waals surface area contributed by atoms with E-state index in [1.54, 1.807) is 0 Å². The van der Waals surface area contributed by atoms with E-state index in [0.29, 0.717) is 5.76 Å². The van der Waals surface area contributed by atoms with Crippen molar-refractivity contribution < 1.29 is 18.8 Å². The second-order valence-electron chi connectivity index (χ2n) is 7.10. The molecule has 0 saturated carbocycles. The summed E-state index contributed by atoms with van der Waals surface area (Å²) in [5, 5.41) is 4.12. The molecule has 6 nitrogen and oxygen atoms in total. The number of carbonyl (C=O) groups is 2. The van der Waals surface area contributed by atoms with Crippen molar-refractivity contribution in [2.45, 2.75) is 33.2 Å². The average Bonchev–Trinajstić information content (AvgIpc) is 3.05. The number of Topliss-reactive ketones (excluding diaryl/α,β-unsaturated/α-hetero) is 1. The lowest BCUT2D eigenvalue weighted by Crippen LogP contribution is -2.10. The molecule has 1 aliphatic rings. The van der Waals surface area contributed by atoms with Gasteiger partial charge in [-0.1, -0.05) is 59.8 Å². The number of nitrogens with zero attached hydrogens (tertiary/aromatic N) is 2. The Hall–Kier alpha value is -3.54. The molecule has 0 N–H and O–H groups in total. The molecule has 1 atom stereocenters. The molecule has 1 aromatic heterocycles. The maximum absolute atomic E-state index is 12.0. The third-order valence-electron chi connectivity index (χ3n) is 4.56. The second-order valence-corrected chi connectivity index (χ2v) is 7.10. The molecule has 0 radical (unpaired) electrons. The van der Waals surface area contributed by atoms with Crippen LogP contribution in [0, 0.1) is 6.92 Å². The molecule has 2 aromatic carbocycles. The minimum atomic E-state index is -0.485. The van der Waals surface area contributed by atoms with Crippen LogP contribution in [0.25, 0.3) is 11.1 Å². The van der Waals surface area contributed by atoms with Crippen molar-refractivity contribution in [3.05, 3.63) is 77.2 Å². The number of ether oxygens (including phenoxy) is 1. The highest BCUT2D eigenvalue weighted by molar-refractivity contribution is 6.17. The number of methoxy groups -OCH3 is 1. The third kappa shape index (κ3) is 4.54. The van der Waals surface area contributed by atoms with Crippen LogP contribution in [-0.2, 0) is 14.3 Å². The zero-order valence-corrected chi connectivity index (χ0v) is 17.5. The number of hydrogen-bond acceptors (Lipinski definition) is 6. The Kier molecular flexibility index (Phi) is 6.57. The molecule has 0 fully saturated rings. The lowest BCUT2D eigenvalue weighted by atomic mass is 9.93. The number of aromatic nitrogens is 1. The van der Waals surface area contributed by atoms with Crippen molar-refractivity contribution in [1.29, 1.82) is 0 Å². The fraction of sp³-hybridized carbons (Fsp3) is 0.250. The van der Waals surface area contributed by atoms with E-state index in [-0.39, 0.29) is 18.2 Å². The molecule has 154 valence electrons. The van der Waals surface area contributed by atoms with Crippen molar-refractivity contribution >= 4 is 17.5 Å². The van der Waals surface area contributed by atoms with Gasteiger partial charge in [-0.25, -0.2) is 0 Å². The summed E-state index contributed by atoms with van der Waals surface area (Å²) in [6.45, 7) is 4.96. The zero-order chi connectivity index (χ0) is 21.7. The van der Waals surface area contributed by atoms with Crippen LogP contribution in [0.1, 0.15) is 48.9 Å². The van der Waals surface area contributed by atoms with Gasteiger partial charge < -0.3 is 14.1 Å². The average molecular weight is 404 g/mol. The van der Waals surface area contributed by atoms with E-state index < -0.39 is 6.04 Å². The lowest BCUT2D eigenvalue weighted by molar-refractivity contribution is -0.141. The standard InChI is InChI=1S/C21H18N2O3.C3H6O/c1-13-19-15-10-6-7-11-16(15)20(14-8-4-3-5-9-14)22-17(12-18(24)25-2)21(19)26-23-13;1-3(2)4/h3-11,17H,12H2,1-2H3;1-2H3/t17-;/m0./s1. The largest absolute Gasteiger partial charge is 0.469 e. The van der Waals surface area contributed by atoms with Gasteiger partial charge in [0.2, 0.25) is 0 Å². The van der Waals surface area contributed by atoms with E-state index in [4.69, 9.17) is 14.3 Å². The lowest BCUT2D eigenvalue weighted by Gasteiger charge is -2.11. The molecule has 6 heteroatoms. The van der Waals surface area contributed by atoms with E-state index in [1.807, 2.05) is 61.5 Å². The van der Waals surface area contributed by atoms with Crippen molar-refractivity contribution in [1.82, 2.24) is 5.16 Å². The number of aliphatic imine (C=N–C) groups is 1. The number of rotatable bonds is 3. The van der Waals surface area contributed by atoms with Gasteiger partial charge in [-0.2, -0.15) is 0 Å². The molecule has 0 spiro atoms. The van der Waals surface area contributed by atoms with Crippen LogP contribution in [0.15, 0.2) is 64.1 Å². The molecule has 0 amide bonds. The normalized spacial score (nSPS) is 14.3. The first-order valence-electron chi connectivity index (χ1n) is 9.65. The molecule has 0 bridgehead atoms.